The number of aromatic nitrogens is 1. The highest BCUT2D eigenvalue weighted by Gasteiger charge is 2.16. The van der Waals surface area contributed by atoms with Gasteiger partial charge in [0.1, 0.15) is 0 Å². The topological polar surface area (TPSA) is 34.0 Å². The molecule has 1 atom stereocenters. The van der Waals surface area contributed by atoms with Crippen molar-refractivity contribution >= 4 is 10.8 Å². The molecule has 2 aromatic rings. The normalized spacial score (nSPS) is 19.2. The zero-order valence-electron chi connectivity index (χ0n) is 11.6. The lowest BCUT2D eigenvalue weighted by molar-refractivity contribution is 0.474. The van der Waals surface area contributed by atoms with Crippen LogP contribution in [0.15, 0.2) is 29.2 Å². The molecule has 0 aliphatic carbocycles. The molecular formula is C16H20N2O. The van der Waals surface area contributed by atoms with E-state index in [0.717, 1.165) is 36.8 Å². The van der Waals surface area contributed by atoms with Gasteiger partial charge in [0.2, 0.25) is 0 Å². The molecule has 0 spiro atoms. The summed E-state index contributed by atoms with van der Waals surface area (Å²) < 4.78 is 1.87. The van der Waals surface area contributed by atoms with E-state index in [1.54, 1.807) is 0 Å². The zero-order chi connectivity index (χ0) is 13.4. The second-order valence-electron chi connectivity index (χ2n) is 5.66. The maximum absolute atomic E-state index is 12.5. The van der Waals surface area contributed by atoms with Gasteiger partial charge in [0, 0.05) is 18.1 Å². The third-order valence-corrected chi connectivity index (χ3v) is 4.21. The zero-order valence-corrected chi connectivity index (χ0v) is 11.6. The minimum absolute atomic E-state index is 0.146. The van der Waals surface area contributed by atoms with Crippen LogP contribution in [0.3, 0.4) is 0 Å². The summed E-state index contributed by atoms with van der Waals surface area (Å²) in [6.45, 7) is 7.08. The first-order valence-corrected chi connectivity index (χ1v) is 6.96. The Hall–Kier alpha value is -1.61. The van der Waals surface area contributed by atoms with Gasteiger partial charge in [-0.15, -0.1) is 0 Å². The van der Waals surface area contributed by atoms with Gasteiger partial charge in [0.05, 0.1) is 0 Å². The predicted octanol–water partition coefficient (Wildman–Crippen LogP) is 2.23. The second kappa shape index (κ2) is 4.82. The van der Waals surface area contributed by atoms with Crippen molar-refractivity contribution in [2.24, 2.45) is 5.92 Å². The number of pyridine rings is 1. The van der Waals surface area contributed by atoms with Crippen molar-refractivity contribution in [2.75, 3.05) is 13.1 Å². The lowest BCUT2D eigenvalue weighted by Crippen LogP contribution is -2.24. The van der Waals surface area contributed by atoms with Crippen molar-refractivity contribution in [3.05, 3.63) is 45.9 Å². The third-order valence-electron chi connectivity index (χ3n) is 4.21. The number of hydrogen-bond donors (Lipinski definition) is 1. The summed E-state index contributed by atoms with van der Waals surface area (Å²) in [6.07, 6.45) is 3.11. The van der Waals surface area contributed by atoms with Crippen LogP contribution in [0.1, 0.15) is 17.5 Å². The maximum Gasteiger partial charge on any atom is 0.258 e. The summed E-state index contributed by atoms with van der Waals surface area (Å²) in [5.41, 5.74) is 2.57. The van der Waals surface area contributed by atoms with Crippen molar-refractivity contribution in [2.45, 2.75) is 26.8 Å². The van der Waals surface area contributed by atoms with Crippen molar-refractivity contribution in [3.63, 3.8) is 0 Å². The summed E-state index contributed by atoms with van der Waals surface area (Å²) in [4.78, 5) is 12.5. The number of nitrogens with zero attached hydrogens (tertiary/aromatic N) is 1. The van der Waals surface area contributed by atoms with E-state index in [1.807, 2.05) is 16.8 Å². The molecule has 1 aliphatic heterocycles. The molecule has 3 rings (SSSR count). The first kappa shape index (κ1) is 12.4. The molecular weight excluding hydrogens is 236 g/mol. The van der Waals surface area contributed by atoms with Gasteiger partial charge in [0.15, 0.2) is 0 Å². The Balaban J connectivity index is 2.04. The van der Waals surface area contributed by atoms with Crippen LogP contribution in [0.5, 0.6) is 0 Å². The van der Waals surface area contributed by atoms with Crippen LogP contribution in [-0.2, 0) is 6.54 Å². The largest absolute Gasteiger partial charge is 0.316 e. The van der Waals surface area contributed by atoms with Crippen LogP contribution >= 0.6 is 0 Å². The fourth-order valence-corrected chi connectivity index (χ4v) is 2.85. The summed E-state index contributed by atoms with van der Waals surface area (Å²) in [7, 11) is 0. The Morgan fingerprint density at radius 2 is 2.11 bits per heavy atom. The fourth-order valence-electron chi connectivity index (χ4n) is 2.85. The lowest BCUT2D eigenvalue weighted by atomic mass is 10.0. The Bertz CT molecular complexity index is 666. The molecule has 3 nitrogen and oxygen atoms in total. The highest BCUT2D eigenvalue weighted by atomic mass is 16.1. The van der Waals surface area contributed by atoms with Gasteiger partial charge in [-0.1, -0.05) is 6.07 Å². The van der Waals surface area contributed by atoms with Gasteiger partial charge in [-0.2, -0.15) is 0 Å². The molecule has 1 unspecified atom stereocenters. The SMILES string of the molecule is Cc1cc2ccn(CC3CCNC3)c(=O)c2cc1C. The van der Waals surface area contributed by atoms with Crippen LogP contribution in [0.25, 0.3) is 10.8 Å². The number of benzene rings is 1. The van der Waals surface area contributed by atoms with E-state index in [0.29, 0.717) is 5.92 Å². The van der Waals surface area contributed by atoms with Gasteiger partial charge in [-0.25, -0.2) is 0 Å². The molecule has 1 fully saturated rings. The van der Waals surface area contributed by atoms with Crippen LogP contribution < -0.4 is 10.9 Å². The molecule has 2 heterocycles. The van der Waals surface area contributed by atoms with Gasteiger partial charge in [0.25, 0.3) is 5.56 Å². The average Bonchev–Trinajstić information content (AvgIpc) is 2.88. The minimum atomic E-state index is 0.146. The first-order chi connectivity index (χ1) is 9.15. The van der Waals surface area contributed by atoms with E-state index >= 15 is 0 Å². The van der Waals surface area contributed by atoms with Gasteiger partial charge < -0.3 is 9.88 Å². The molecule has 0 radical (unpaired) electrons. The van der Waals surface area contributed by atoms with E-state index in [2.05, 4.69) is 31.3 Å². The van der Waals surface area contributed by atoms with Crippen LogP contribution in [0.4, 0.5) is 0 Å². The molecule has 0 bridgehead atoms. The quantitative estimate of drug-likeness (QED) is 0.894. The van der Waals surface area contributed by atoms with E-state index in [-0.39, 0.29) is 5.56 Å². The molecule has 1 aromatic carbocycles. The summed E-state index contributed by atoms with van der Waals surface area (Å²) >= 11 is 0. The predicted molar refractivity (Wildman–Crippen MR) is 78.7 cm³/mol. The summed E-state index contributed by atoms with van der Waals surface area (Å²) in [5.74, 6) is 0.585. The third kappa shape index (κ3) is 2.30. The first-order valence-electron chi connectivity index (χ1n) is 6.96. The Morgan fingerprint density at radius 1 is 1.32 bits per heavy atom. The molecule has 1 saturated heterocycles. The monoisotopic (exact) mass is 256 g/mol. The van der Waals surface area contributed by atoms with Crippen molar-refractivity contribution in [1.29, 1.82) is 0 Å². The molecule has 19 heavy (non-hydrogen) atoms. The molecule has 0 amide bonds. The van der Waals surface area contributed by atoms with Crippen LogP contribution in [0, 0.1) is 19.8 Å². The van der Waals surface area contributed by atoms with Gasteiger partial charge in [-0.3, -0.25) is 4.79 Å². The van der Waals surface area contributed by atoms with Gasteiger partial charge >= 0.3 is 0 Å². The Labute approximate surface area is 113 Å². The highest BCUT2D eigenvalue weighted by molar-refractivity contribution is 5.83. The van der Waals surface area contributed by atoms with Crippen LogP contribution in [-0.4, -0.2) is 17.7 Å². The molecule has 3 heteroatoms. The number of fused-ring (bicyclic) bond motifs is 1. The molecule has 100 valence electrons. The number of hydrogen-bond acceptors (Lipinski definition) is 2. The maximum atomic E-state index is 12.5. The van der Waals surface area contributed by atoms with Crippen molar-refractivity contribution in [1.82, 2.24) is 9.88 Å². The Morgan fingerprint density at radius 3 is 2.84 bits per heavy atom. The molecule has 0 saturated carbocycles. The lowest BCUT2D eigenvalue weighted by Gasteiger charge is -2.12. The average molecular weight is 256 g/mol. The Kier molecular flexibility index (Phi) is 3.15. The van der Waals surface area contributed by atoms with E-state index < -0.39 is 0 Å². The smallest absolute Gasteiger partial charge is 0.258 e. The second-order valence-corrected chi connectivity index (χ2v) is 5.66. The highest BCUT2D eigenvalue weighted by Crippen LogP contribution is 2.17. The summed E-state index contributed by atoms with van der Waals surface area (Å²) in [6, 6.07) is 6.19. The minimum Gasteiger partial charge on any atom is -0.316 e. The number of nitrogens with one attached hydrogen (secondary N) is 1. The van der Waals surface area contributed by atoms with E-state index in [9.17, 15) is 4.79 Å². The fraction of sp³-hybridized carbons (Fsp3) is 0.438. The van der Waals surface area contributed by atoms with Gasteiger partial charge in [-0.05, 0) is 67.9 Å². The molecule has 1 aliphatic rings. The molecule has 1 aromatic heterocycles. The van der Waals surface area contributed by atoms with Crippen LogP contribution in [0.2, 0.25) is 0 Å². The molecule has 1 N–H and O–H groups in total. The van der Waals surface area contributed by atoms with E-state index in [1.165, 1.54) is 11.1 Å². The number of aryl methyl sites for hydroxylation is 2. The number of rotatable bonds is 2. The van der Waals surface area contributed by atoms with Crippen molar-refractivity contribution in [3.8, 4) is 0 Å². The van der Waals surface area contributed by atoms with Crippen molar-refractivity contribution < 1.29 is 0 Å². The standard InChI is InChI=1S/C16H20N2O/c1-11-7-14-4-6-18(10-13-3-5-17-9-13)16(19)15(14)8-12(11)2/h4,6-8,13,17H,3,5,9-10H2,1-2H3. The summed E-state index contributed by atoms with van der Waals surface area (Å²) in [5, 5.41) is 5.24. The van der Waals surface area contributed by atoms with E-state index in [4.69, 9.17) is 0 Å².